The highest BCUT2D eigenvalue weighted by Crippen LogP contribution is 2.25. The zero-order valence-corrected chi connectivity index (χ0v) is 9.18. The molecular weight excluding hydrogens is 244 g/mol. The molecule has 12 heavy (non-hydrogen) atoms. The van der Waals surface area contributed by atoms with E-state index in [-0.39, 0.29) is 6.61 Å². The van der Waals surface area contributed by atoms with E-state index in [1.165, 1.54) is 0 Å². The van der Waals surface area contributed by atoms with Gasteiger partial charge in [-0.25, -0.2) is 4.79 Å². The number of ether oxygens (including phenoxy) is 1. The maximum absolute atomic E-state index is 10.7. The summed E-state index contributed by atoms with van der Waals surface area (Å²) in [6.45, 7) is 0.151. The molecule has 1 N–H and O–H groups in total. The average Bonchev–Trinajstić information content (AvgIpc) is 1.95. The first-order valence-electron chi connectivity index (χ1n) is 3.04. The number of nitrogens with one attached hydrogen (secondary N) is 1. The molecule has 0 unspecified atom stereocenters. The van der Waals surface area contributed by atoms with Crippen LogP contribution in [0.25, 0.3) is 0 Å². The van der Waals surface area contributed by atoms with E-state index < -0.39 is 9.89 Å². The molecule has 0 aliphatic carbocycles. The van der Waals surface area contributed by atoms with Crippen LogP contribution >= 0.6 is 47.4 Å². The summed E-state index contributed by atoms with van der Waals surface area (Å²) >= 11 is 19.8. The van der Waals surface area contributed by atoms with Crippen LogP contribution in [-0.4, -0.2) is 28.8 Å². The highest BCUT2D eigenvalue weighted by molar-refractivity contribution is 7.80. The predicted molar refractivity (Wildman–Crippen MR) is 53.5 cm³/mol. The molecule has 0 saturated carbocycles. The van der Waals surface area contributed by atoms with Crippen molar-refractivity contribution in [2.75, 3.05) is 18.9 Å². The lowest BCUT2D eigenvalue weighted by Gasteiger charge is -2.11. The van der Waals surface area contributed by atoms with Gasteiger partial charge in [-0.15, -0.1) is 0 Å². The Labute approximate surface area is 91.1 Å². The van der Waals surface area contributed by atoms with Crippen LogP contribution in [0.3, 0.4) is 0 Å². The Balaban J connectivity index is 3.44. The molecule has 0 aromatic rings. The molecule has 0 aliphatic heterocycles. The number of thiol groups is 1. The minimum Gasteiger partial charge on any atom is -0.445 e. The van der Waals surface area contributed by atoms with Gasteiger partial charge in [-0.1, -0.05) is 34.8 Å². The fourth-order valence-electron chi connectivity index (χ4n) is 0.356. The van der Waals surface area contributed by atoms with Crippen LogP contribution in [-0.2, 0) is 4.74 Å². The smallest absolute Gasteiger partial charge is 0.407 e. The average molecular weight is 253 g/mol. The van der Waals surface area contributed by atoms with Crippen molar-refractivity contribution in [2.45, 2.75) is 3.79 Å². The fourth-order valence-corrected chi connectivity index (χ4v) is 0.632. The van der Waals surface area contributed by atoms with E-state index in [0.29, 0.717) is 12.3 Å². The molecule has 0 radical (unpaired) electrons. The minimum atomic E-state index is -1.56. The van der Waals surface area contributed by atoms with Crippen LogP contribution in [0.1, 0.15) is 0 Å². The van der Waals surface area contributed by atoms with Crippen molar-refractivity contribution in [3.63, 3.8) is 0 Å². The van der Waals surface area contributed by atoms with Gasteiger partial charge in [0.15, 0.2) is 0 Å². The summed E-state index contributed by atoms with van der Waals surface area (Å²) < 4.78 is 2.97. The van der Waals surface area contributed by atoms with Gasteiger partial charge < -0.3 is 10.1 Å². The first-order chi connectivity index (χ1) is 5.45. The van der Waals surface area contributed by atoms with Crippen LogP contribution in [0.15, 0.2) is 0 Å². The highest BCUT2D eigenvalue weighted by atomic mass is 35.6. The molecule has 0 aromatic heterocycles. The SMILES string of the molecule is O=C(NCCS)OCC(Cl)(Cl)Cl. The van der Waals surface area contributed by atoms with Crippen molar-refractivity contribution in [3.05, 3.63) is 0 Å². The van der Waals surface area contributed by atoms with E-state index in [2.05, 4.69) is 22.7 Å². The lowest BCUT2D eigenvalue weighted by atomic mass is 10.7. The second-order valence-corrected chi connectivity index (χ2v) is 4.80. The first kappa shape index (κ1) is 12.5. The van der Waals surface area contributed by atoms with Gasteiger partial charge in [0.05, 0.1) is 0 Å². The molecular formula is C5H8Cl3NO2S. The number of amides is 1. The van der Waals surface area contributed by atoms with Crippen molar-refractivity contribution in [3.8, 4) is 0 Å². The third kappa shape index (κ3) is 8.59. The van der Waals surface area contributed by atoms with Crippen LogP contribution < -0.4 is 5.32 Å². The standard InChI is InChI=1S/C5H8Cl3NO2S/c6-5(7,8)3-11-4(10)9-1-2-12/h12H,1-3H2,(H,9,10). The molecule has 0 saturated heterocycles. The second-order valence-electron chi connectivity index (χ2n) is 1.84. The van der Waals surface area contributed by atoms with Crippen LogP contribution in [0, 0.1) is 0 Å². The molecule has 0 fully saturated rings. The minimum absolute atomic E-state index is 0.268. The second kappa shape index (κ2) is 6.02. The molecule has 3 nitrogen and oxygen atoms in total. The highest BCUT2D eigenvalue weighted by Gasteiger charge is 2.21. The molecule has 0 spiro atoms. The Morgan fingerprint density at radius 1 is 1.50 bits per heavy atom. The van der Waals surface area contributed by atoms with Crippen LogP contribution in [0.4, 0.5) is 4.79 Å². The van der Waals surface area contributed by atoms with Crippen molar-refractivity contribution >= 4 is 53.5 Å². The predicted octanol–water partition coefficient (Wildman–Crippen LogP) is 2.01. The maximum Gasteiger partial charge on any atom is 0.407 e. The molecule has 0 rings (SSSR count). The normalized spacial score (nSPS) is 11.0. The van der Waals surface area contributed by atoms with Crippen molar-refractivity contribution in [1.29, 1.82) is 0 Å². The number of rotatable bonds is 3. The first-order valence-corrected chi connectivity index (χ1v) is 4.80. The van der Waals surface area contributed by atoms with Crippen molar-refractivity contribution in [2.24, 2.45) is 0 Å². The number of hydrogen-bond acceptors (Lipinski definition) is 3. The monoisotopic (exact) mass is 251 g/mol. The Bertz CT molecular complexity index is 150. The summed E-state index contributed by atoms with van der Waals surface area (Å²) in [5, 5.41) is 2.39. The third-order valence-corrected chi connectivity index (χ3v) is 1.30. The van der Waals surface area contributed by atoms with Gasteiger partial charge in [0.2, 0.25) is 3.79 Å². The Morgan fingerprint density at radius 2 is 2.08 bits per heavy atom. The number of carbonyl (C=O) groups is 1. The van der Waals surface area contributed by atoms with E-state index in [0.717, 1.165) is 0 Å². The number of hydrogen-bond donors (Lipinski definition) is 2. The topological polar surface area (TPSA) is 38.3 Å². The molecule has 0 aliphatic rings. The van der Waals surface area contributed by atoms with Gasteiger partial charge in [0, 0.05) is 12.3 Å². The van der Waals surface area contributed by atoms with Crippen molar-refractivity contribution < 1.29 is 9.53 Å². The molecule has 7 heteroatoms. The Morgan fingerprint density at radius 3 is 2.50 bits per heavy atom. The lowest BCUT2D eigenvalue weighted by molar-refractivity contribution is 0.149. The third-order valence-electron chi connectivity index (χ3n) is 0.748. The molecule has 1 amide bonds. The molecule has 0 bridgehead atoms. The molecule has 0 aromatic carbocycles. The lowest BCUT2D eigenvalue weighted by Crippen LogP contribution is -2.29. The van der Waals surface area contributed by atoms with Crippen LogP contribution in [0.2, 0.25) is 0 Å². The van der Waals surface area contributed by atoms with E-state index in [4.69, 9.17) is 34.8 Å². The molecule has 0 atom stereocenters. The van der Waals surface area contributed by atoms with Gasteiger partial charge in [0.1, 0.15) is 6.61 Å². The van der Waals surface area contributed by atoms with Gasteiger partial charge in [0.25, 0.3) is 0 Å². The number of alkyl carbamates (subject to hydrolysis) is 1. The Hall–Kier alpha value is 0.490. The largest absolute Gasteiger partial charge is 0.445 e. The Kier molecular flexibility index (Phi) is 6.27. The zero-order valence-electron chi connectivity index (χ0n) is 6.02. The summed E-state index contributed by atoms with van der Waals surface area (Å²) in [6, 6.07) is 0. The van der Waals surface area contributed by atoms with E-state index in [9.17, 15) is 4.79 Å². The van der Waals surface area contributed by atoms with E-state index in [1.54, 1.807) is 0 Å². The van der Waals surface area contributed by atoms with E-state index >= 15 is 0 Å². The van der Waals surface area contributed by atoms with Gasteiger partial charge in [-0.3, -0.25) is 0 Å². The zero-order chi connectivity index (χ0) is 9.61. The van der Waals surface area contributed by atoms with Crippen molar-refractivity contribution in [1.82, 2.24) is 5.32 Å². The number of carbonyl (C=O) groups excluding carboxylic acids is 1. The summed E-state index contributed by atoms with van der Waals surface area (Å²) in [4.78, 5) is 10.7. The van der Waals surface area contributed by atoms with Gasteiger partial charge in [-0.05, 0) is 0 Å². The fraction of sp³-hybridized carbons (Fsp3) is 0.800. The summed E-state index contributed by atoms with van der Waals surface area (Å²) in [6.07, 6.45) is -0.615. The number of halogens is 3. The maximum atomic E-state index is 10.7. The number of alkyl halides is 3. The molecule has 0 heterocycles. The van der Waals surface area contributed by atoms with Gasteiger partial charge >= 0.3 is 6.09 Å². The molecule has 72 valence electrons. The van der Waals surface area contributed by atoms with Crippen LogP contribution in [0.5, 0.6) is 0 Å². The van der Waals surface area contributed by atoms with Gasteiger partial charge in [-0.2, -0.15) is 12.6 Å². The summed E-state index contributed by atoms with van der Waals surface area (Å²) in [5.41, 5.74) is 0. The van der Waals surface area contributed by atoms with E-state index in [1.807, 2.05) is 0 Å². The quantitative estimate of drug-likeness (QED) is 0.596. The summed E-state index contributed by atoms with van der Waals surface area (Å²) in [5.74, 6) is 0.531. The summed E-state index contributed by atoms with van der Waals surface area (Å²) in [7, 11) is 0.